The highest BCUT2D eigenvalue weighted by Crippen LogP contribution is 2.29. The zero-order valence-corrected chi connectivity index (χ0v) is 12.2. The van der Waals surface area contributed by atoms with Crippen molar-refractivity contribution < 1.29 is 4.79 Å². The number of hydrogen-bond donors (Lipinski definition) is 1. The monoisotopic (exact) mass is 276 g/mol. The Kier molecular flexibility index (Phi) is 3.44. The Bertz CT molecular complexity index is 466. The molecule has 1 aromatic rings. The molecule has 0 spiro atoms. The van der Waals surface area contributed by atoms with E-state index >= 15 is 0 Å². The number of para-hydroxylation sites is 1. The van der Waals surface area contributed by atoms with Gasteiger partial charge in [-0.1, -0.05) is 25.1 Å². The van der Waals surface area contributed by atoms with Gasteiger partial charge in [0.05, 0.1) is 0 Å². The summed E-state index contributed by atoms with van der Waals surface area (Å²) in [5.74, 6) is 1.31. The van der Waals surface area contributed by atoms with Crippen LogP contribution < -0.4 is 5.32 Å². The number of nitrogens with zero attached hydrogens (tertiary/aromatic N) is 1. The summed E-state index contributed by atoms with van der Waals surface area (Å²) in [7, 11) is 0. The van der Waals surface area contributed by atoms with E-state index in [4.69, 9.17) is 0 Å². The molecule has 102 valence electrons. The van der Waals surface area contributed by atoms with Crippen molar-refractivity contribution in [1.82, 2.24) is 4.90 Å². The zero-order chi connectivity index (χ0) is 13.4. The third-order valence-electron chi connectivity index (χ3n) is 4.24. The Hall–Kier alpha value is -1.16. The van der Waals surface area contributed by atoms with E-state index < -0.39 is 0 Å². The molecule has 2 aliphatic rings. The fraction of sp³-hybridized carbons (Fsp3) is 0.533. The lowest BCUT2D eigenvalue weighted by atomic mass is 10.1. The van der Waals surface area contributed by atoms with Crippen molar-refractivity contribution in [3.63, 3.8) is 0 Å². The molecule has 1 saturated heterocycles. The van der Waals surface area contributed by atoms with Crippen molar-refractivity contribution in [3.8, 4) is 0 Å². The molecule has 0 radical (unpaired) electrons. The van der Waals surface area contributed by atoms with Crippen LogP contribution in [0.25, 0.3) is 0 Å². The lowest BCUT2D eigenvalue weighted by Crippen LogP contribution is -2.52. The number of benzene rings is 1. The lowest BCUT2D eigenvalue weighted by molar-refractivity contribution is -0.133. The molecule has 1 aromatic carbocycles. The normalized spacial score (nSPS) is 29.8. The van der Waals surface area contributed by atoms with E-state index in [2.05, 4.69) is 36.2 Å². The highest BCUT2D eigenvalue weighted by Gasteiger charge is 2.35. The second-order valence-electron chi connectivity index (χ2n) is 5.41. The number of carbonyl (C=O) groups excluding carboxylic acids is 1. The topological polar surface area (TPSA) is 32.3 Å². The fourth-order valence-electron chi connectivity index (χ4n) is 2.89. The van der Waals surface area contributed by atoms with Crippen LogP contribution in [0.15, 0.2) is 24.3 Å². The first kappa shape index (κ1) is 12.9. The predicted octanol–water partition coefficient (Wildman–Crippen LogP) is 2.38. The standard InChI is InChI=1S/C15H20N2OS/c1-10-11(2)19-8-7-17(10)15(18)14-9-12-5-3-4-6-13(12)16-14/h3-6,10-11,14,16H,7-9H2,1-2H3/t10?,11?,14-/m0/s1. The smallest absolute Gasteiger partial charge is 0.245 e. The van der Waals surface area contributed by atoms with Gasteiger partial charge in [-0.2, -0.15) is 11.8 Å². The summed E-state index contributed by atoms with van der Waals surface area (Å²) in [5, 5.41) is 3.90. The van der Waals surface area contributed by atoms with Crippen LogP contribution in [0, 0.1) is 0 Å². The predicted molar refractivity (Wildman–Crippen MR) is 80.7 cm³/mol. The summed E-state index contributed by atoms with van der Waals surface area (Å²) in [6.07, 6.45) is 0.819. The average Bonchev–Trinajstić information content (AvgIpc) is 2.85. The molecule has 19 heavy (non-hydrogen) atoms. The molecule has 3 nitrogen and oxygen atoms in total. The first-order valence-corrected chi connectivity index (χ1v) is 7.98. The van der Waals surface area contributed by atoms with Crippen LogP contribution in [0.2, 0.25) is 0 Å². The SMILES string of the molecule is CC1SCCN(C(=O)[C@@H]2Cc3ccccc3N2)C1C. The molecule has 0 aromatic heterocycles. The van der Waals surface area contributed by atoms with Crippen molar-refractivity contribution >= 4 is 23.4 Å². The molecule has 1 N–H and O–H groups in total. The summed E-state index contributed by atoms with van der Waals surface area (Å²) in [5.41, 5.74) is 2.38. The minimum Gasteiger partial charge on any atom is -0.373 e. The minimum atomic E-state index is -0.0739. The van der Waals surface area contributed by atoms with Crippen LogP contribution in [0.4, 0.5) is 5.69 Å². The van der Waals surface area contributed by atoms with Crippen molar-refractivity contribution in [1.29, 1.82) is 0 Å². The Morgan fingerprint density at radius 1 is 1.37 bits per heavy atom. The maximum atomic E-state index is 12.7. The van der Waals surface area contributed by atoms with E-state index in [9.17, 15) is 4.79 Å². The molecule has 0 aliphatic carbocycles. The van der Waals surface area contributed by atoms with E-state index in [-0.39, 0.29) is 11.9 Å². The first-order valence-electron chi connectivity index (χ1n) is 6.93. The molecular formula is C15H20N2OS. The number of fused-ring (bicyclic) bond motifs is 1. The molecule has 3 rings (SSSR count). The van der Waals surface area contributed by atoms with Crippen LogP contribution in [-0.2, 0) is 11.2 Å². The van der Waals surface area contributed by atoms with Gasteiger partial charge in [-0.25, -0.2) is 0 Å². The number of nitrogens with one attached hydrogen (secondary N) is 1. The summed E-state index contributed by atoms with van der Waals surface area (Å²) in [6.45, 7) is 5.26. The van der Waals surface area contributed by atoms with Crippen molar-refractivity contribution in [3.05, 3.63) is 29.8 Å². The molecule has 1 amide bonds. The minimum absolute atomic E-state index is 0.0739. The van der Waals surface area contributed by atoms with E-state index in [1.807, 2.05) is 23.9 Å². The molecular weight excluding hydrogens is 256 g/mol. The number of anilines is 1. The number of amides is 1. The Labute approximate surface area is 118 Å². The van der Waals surface area contributed by atoms with Gasteiger partial charge in [-0.3, -0.25) is 4.79 Å². The van der Waals surface area contributed by atoms with Crippen molar-refractivity contribution in [2.75, 3.05) is 17.6 Å². The third kappa shape index (κ3) is 2.34. The second-order valence-corrected chi connectivity index (χ2v) is 6.89. The highest BCUT2D eigenvalue weighted by molar-refractivity contribution is 8.00. The largest absolute Gasteiger partial charge is 0.373 e. The van der Waals surface area contributed by atoms with Gasteiger partial charge in [0.2, 0.25) is 5.91 Å². The number of carbonyl (C=O) groups is 1. The Morgan fingerprint density at radius 2 is 2.16 bits per heavy atom. The maximum absolute atomic E-state index is 12.7. The van der Waals surface area contributed by atoms with Crippen LogP contribution >= 0.6 is 11.8 Å². The Balaban J connectivity index is 1.72. The molecule has 1 fully saturated rings. The van der Waals surface area contributed by atoms with Gasteiger partial charge in [-0.15, -0.1) is 0 Å². The molecule has 3 atom stereocenters. The van der Waals surface area contributed by atoms with Gasteiger partial charge in [0, 0.05) is 35.7 Å². The third-order valence-corrected chi connectivity index (χ3v) is 5.57. The van der Waals surface area contributed by atoms with Crippen LogP contribution in [0.5, 0.6) is 0 Å². The Morgan fingerprint density at radius 3 is 2.95 bits per heavy atom. The average molecular weight is 276 g/mol. The lowest BCUT2D eigenvalue weighted by Gasteiger charge is -2.38. The summed E-state index contributed by atoms with van der Waals surface area (Å²) in [4.78, 5) is 14.7. The second kappa shape index (κ2) is 5.08. The summed E-state index contributed by atoms with van der Waals surface area (Å²) in [6, 6.07) is 8.47. The molecule has 2 unspecified atom stereocenters. The molecule has 0 saturated carbocycles. The van der Waals surface area contributed by atoms with Crippen LogP contribution in [0.3, 0.4) is 0 Å². The molecule has 2 heterocycles. The van der Waals surface area contributed by atoms with Crippen LogP contribution in [0.1, 0.15) is 19.4 Å². The van der Waals surface area contributed by atoms with Crippen molar-refractivity contribution in [2.45, 2.75) is 37.6 Å². The summed E-state index contributed by atoms with van der Waals surface area (Å²) >= 11 is 1.96. The quantitative estimate of drug-likeness (QED) is 0.855. The van der Waals surface area contributed by atoms with E-state index in [1.54, 1.807) is 0 Å². The fourth-order valence-corrected chi connectivity index (χ4v) is 3.99. The van der Waals surface area contributed by atoms with E-state index in [1.165, 1.54) is 5.56 Å². The van der Waals surface area contributed by atoms with Gasteiger partial charge < -0.3 is 10.2 Å². The van der Waals surface area contributed by atoms with Crippen molar-refractivity contribution in [2.24, 2.45) is 0 Å². The molecule has 4 heteroatoms. The van der Waals surface area contributed by atoms with Gasteiger partial charge in [0.15, 0.2) is 0 Å². The van der Waals surface area contributed by atoms with Gasteiger partial charge in [0.1, 0.15) is 6.04 Å². The van der Waals surface area contributed by atoms with Gasteiger partial charge in [0.25, 0.3) is 0 Å². The number of thioether (sulfide) groups is 1. The van der Waals surface area contributed by atoms with E-state index in [0.717, 1.165) is 24.4 Å². The van der Waals surface area contributed by atoms with Crippen LogP contribution in [-0.4, -0.2) is 40.4 Å². The number of rotatable bonds is 1. The maximum Gasteiger partial charge on any atom is 0.245 e. The molecule has 0 bridgehead atoms. The van der Waals surface area contributed by atoms with E-state index in [0.29, 0.717) is 11.3 Å². The first-order chi connectivity index (χ1) is 9.16. The van der Waals surface area contributed by atoms with Gasteiger partial charge >= 0.3 is 0 Å². The molecule has 2 aliphatic heterocycles. The number of hydrogen-bond acceptors (Lipinski definition) is 3. The zero-order valence-electron chi connectivity index (χ0n) is 11.4. The summed E-state index contributed by atoms with van der Waals surface area (Å²) < 4.78 is 0. The van der Waals surface area contributed by atoms with Gasteiger partial charge in [-0.05, 0) is 18.6 Å². The highest BCUT2D eigenvalue weighted by atomic mass is 32.2.